The van der Waals surface area contributed by atoms with Crippen molar-refractivity contribution >= 4 is 17.6 Å². The molecule has 0 spiro atoms. The number of oxime groups is 1. The number of thioether (sulfide) groups is 1. The lowest BCUT2D eigenvalue weighted by atomic mass is 10.1. The number of hydrogen-bond donors (Lipinski definition) is 2. The van der Waals surface area contributed by atoms with E-state index in [0.29, 0.717) is 16.2 Å². The van der Waals surface area contributed by atoms with Crippen LogP contribution in [0.1, 0.15) is 11.1 Å². The van der Waals surface area contributed by atoms with E-state index in [2.05, 4.69) is 5.16 Å². The van der Waals surface area contributed by atoms with Gasteiger partial charge in [-0.2, -0.15) is 0 Å². The van der Waals surface area contributed by atoms with Crippen LogP contribution in [0.25, 0.3) is 0 Å². The lowest BCUT2D eigenvalue weighted by molar-refractivity contribution is 0.318. The fourth-order valence-electron chi connectivity index (χ4n) is 1.55. The fourth-order valence-corrected chi connectivity index (χ4v) is 2.45. The molecule has 98 valence electrons. The highest BCUT2D eigenvalue weighted by Crippen LogP contribution is 2.25. The number of benzene rings is 2. The molecule has 2 rings (SSSR count). The van der Waals surface area contributed by atoms with Gasteiger partial charge in [-0.15, -0.1) is 11.8 Å². The van der Waals surface area contributed by atoms with E-state index < -0.39 is 0 Å². The molecule has 0 aromatic heterocycles. The third kappa shape index (κ3) is 3.48. The first-order chi connectivity index (χ1) is 9.20. The molecular weight excluding hydrogens is 263 g/mol. The number of hydrogen-bond acceptors (Lipinski definition) is 3. The maximum atomic E-state index is 13.4. The predicted octanol–water partition coefficient (Wildman–Crippen LogP) is 3.21. The monoisotopic (exact) mass is 276 g/mol. The van der Waals surface area contributed by atoms with E-state index in [9.17, 15) is 4.39 Å². The minimum Gasteiger partial charge on any atom is -0.409 e. The molecule has 19 heavy (non-hydrogen) atoms. The van der Waals surface area contributed by atoms with Gasteiger partial charge in [-0.05, 0) is 17.7 Å². The second-order valence-corrected chi connectivity index (χ2v) is 4.92. The molecule has 3 N–H and O–H groups in total. The molecule has 2 aromatic carbocycles. The Kier molecular flexibility index (Phi) is 4.41. The van der Waals surface area contributed by atoms with Gasteiger partial charge in [0.05, 0.1) is 0 Å². The third-order valence-electron chi connectivity index (χ3n) is 2.59. The van der Waals surface area contributed by atoms with Gasteiger partial charge in [0.15, 0.2) is 5.84 Å². The highest BCUT2D eigenvalue weighted by Gasteiger charge is 2.03. The van der Waals surface area contributed by atoms with Crippen molar-refractivity contribution in [3.63, 3.8) is 0 Å². The first kappa shape index (κ1) is 13.4. The molecule has 0 unspecified atom stereocenters. The smallest absolute Gasteiger partial charge is 0.170 e. The number of halogens is 1. The van der Waals surface area contributed by atoms with Gasteiger partial charge in [0.25, 0.3) is 0 Å². The Morgan fingerprint density at radius 1 is 1.16 bits per heavy atom. The van der Waals surface area contributed by atoms with Crippen molar-refractivity contribution < 1.29 is 9.60 Å². The Morgan fingerprint density at radius 3 is 2.47 bits per heavy atom. The molecule has 2 aromatic rings. The molecule has 0 aliphatic heterocycles. The number of nitrogens with two attached hydrogens (primary N) is 1. The van der Waals surface area contributed by atoms with Crippen LogP contribution in [0, 0.1) is 5.82 Å². The molecule has 0 amide bonds. The van der Waals surface area contributed by atoms with Gasteiger partial charge in [0.1, 0.15) is 5.82 Å². The van der Waals surface area contributed by atoms with Crippen LogP contribution < -0.4 is 5.73 Å². The van der Waals surface area contributed by atoms with Gasteiger partial charge in [-0.3, -0.25) is 0 Å². The van der Waals surface area contributed by atoms with Crippen molar-refractivity contribution in [1.82, 2.24) is 0 Å². The summed E-state index contributed by atoms with van der Waals surface area (Å²) in [5.41, 5.74) is 7.17. The van der Waals surface area contributed by atoms with Crippen LogP contribution in [0.2, 0.25) is 0 Å². The molecule has 0 bridgehead atoms. The maximum absolute atomic E-state index is 13.4. The Bertz CT molecular complexity index is 584. The van der Waals surface area contributed by atoms with Gasteiger partial charge in [-0.25, -0.2) is 4.39 Å². The summed E-state index contributed by atoms with van der Waals surface area (Å²) < 4.78 is 13.4. The van der Waals surface area contributed by atoms with Crippen molar-refractivity contribution in [3.8, 4) is 0 Å². The Balaban J connectivity index is 2.03. The molecule has 3 nitrogen and oxygen atoms in total. The molecule has 0 aliphatic carbocycles. The SMILES string of the molecule is N/C(=N\O)c1ccc(CSc2ccccc2F)cc1. The van der Waals surface area contributed by atoms with Crippen molar-refractivity contribution in [1.29, 1.82) is 0 Å². The molecule has 0 radical (unpaired) electrons. The summed E-state index contributed by atoms with van der Waals surface area (Å²) in [4.78, 5) is 0.628. The normalized spacial score (nSPS) is 11.5. The average Bonchev–Trinajstić information content (AvgIpc) is 2.46. The number of rotatable bonds is 4. The second kappa shape index (κ2) is 6.24. The van der Waals surface area contributed by atoms with Crippen molar-refractivity contribution in [2.45, 2.75) is 10.6 Å². The van der Waals surface area contributed by atoms with Crippen LogP contribution in [0.4, 0.5) is 4.39 Å². The van der Waals surface area contributed by atoms with E-state index in [4.69, 9.17) is 10.9 Å². The highest BCUT2D eigenvalue weighted by atomic mass is 32.2. The molecule has 0 saturated carbocycles. The molecule has 0 fully saturated rings. The predicted molar refractivity (Wildman–Crippen MR) is 74.9 cm³/mol. The Hall–Kier alpha value is -2.01. The minimum absolute atomic E-state index is 0.0771. The minimum atomic E-state index is -0.208. The van der Waals surface area contributed by atoms with E-state index in [1.807, 2.05) is 18.2 Å². The molecule has 0 heterocycles. The first-order valence-corrected chi connectivity index (χ1v) is 6.63. The van der Waals surface area contributed by atoms with E-state index in [1.54, 1.807) is 24.3 Å². The lowest BCUT2D eigenvalue weighted by Crippen LogP contribution is -2.12. The average molecular weight is 276 g/mol. The summed E-state index contributed by atoms with van der Waals surface area (Å²) in [5.74, 6) is 0.534. The van der Waals surface area contributed by atoms with E-state index in [1.165, 1.54) is 17.8 Å². The lowest BCUT2D eigenvalue weighted by Gasteiger charge is -2.04. The zero-order valence-corrected chi connectivity index (χ0v) is 10.9. The first-order valence-electron chi connectivity index (χ1n) is 5.65. The molecule has 0 aliphatic rings. The zero-order chi connectivity index (χ0) is 13.7. The molecule has 0 saturated heterocycles. The molecule has 5 heteroatoms. The maximum Gasteiger partial charge on any atom is 0.170 e. The van der Waals surface area contributed by atoms with Gasteiger partial charge < -0.3 is 10.9 Å². The Labute approximate surface area is 114 Å². The fraction of sp³-hybridized carbons (Fsp3) is 0.0714. The van der Waals surface area contributed by atoms with Crippen LogP contribution in [0.15, 0.2) is 58.6 Å². The van der Waals surface area contributed by atoms with Crippen LogP contribution in [-0.2, 0) is 5.75 Å². The third-order valence-corrected chi connectivity index (χ3v) is 3.71. The van der Waals surface area contributed by atoms with Crippen LogP contribution in [0.5, 0.6) is 0 Å². The zero-order valence-electron chi connectivity index (χ0n) is 10.1. The largest absolute Gasteiger partial charge is 0.409 e. The van der Waals surface area contributed by atoms with Crippen LogP contribution >= 0.6 is 11.8 Å². The van der Waals surface area contributed by atoms with Crippen LogP contribution in [-0.4, -0.2) is 11.0 Å². The van der Waals surface area contributed by atoms with Gasteiger partial charge >= 0.3 is 0 Å². The summed E-state index contributed by atoms with van der Waals surface area (Å²) in [7, 11) is 0. The van der Waals surface area contributed by atoms with Gasteiger partial charge in [0, 0.05) is 16.2 Å². The van der Waals surface area contributed by atoms with Crippen molar-refractivity contribution in [2.75, 3.05) is 0 Å². The highest BCUT2D eigenvalue weighted by molar-refractivity contribution is 7.98. The van der Waals surface area contributed by atoms with Crippen molar-refractivity contribution in [2.24, 2.45) is 10.9 Å². The molecule has 0 atom stereocenters. The standard InChI is InChI=1S/C14H13FN2OS/c15-12-3-1-2-4-13(12)19-9-10-5-7-11(8-6-10)14(16)17-18/h1-8,18H,9H2,(H2,16,17). The topological polar surface area (TPSA) is 58.6 Å². The van der Waals surface area contributed by atoms with Crippen LogP contribution in [0.3, 0.4) is 0 Å². The van der Waals surface area contributed by atoms with Gasteiger partial charge in [0.2, 0.25) is 0 Å². The van der Waals surface area contributed by atoms with E-state index in [0.717, 1.165) is 5.56 Å². The van der Waals surface area contributed by atoms with Gasteiger partial charge in [-0.1, -0.05) is 41.6 Å². The number of amidine groups is 1. The second-order valence-electron chi connectivity index (χ2n) is 3.90. The summed E-state index contributed by atoms with van der Waals surface area (Å²) in [5, 5.41) is 11.5. The Morgan fingerprint density at radius 2 is 1.84 bits per heavy atom. The summed E-state index contributed by atoms with van der Waals surface area (Å²) in [6.45, 7) is 0. The van der Waals surface area contributed by atoms with E-state index in [-0.39, 0.29) is 11.7 Å². The summed E-state index contributed by atoms with van der Waals surface area (Å²) in [6, 6.07) is 14.0. The van der Waals surface area contributed by atoms with Crippen molar-refractivity contribution in [3.05, 3.63) is 65.5 Å². The molecular formula is C14H13FN2OS. The summed E-state index contributed by atoms with van der Waals surface area (Å²) >= 11 is 1.43. The van der Waals surface area contributed by atoms with E-state index >= 15 is 0 Å². The number of nitrogens with zero attached hydrogens (tertiary/aromatic N) is 1. The summed E-state index contributed by atoms with van der Waals surface area (Å²) in [6.07, 6.45) is 0. The quantitative estimate of drug-likeness (QED) is 0.296.